The monoisotopic (exact) mass is 244 g/mol. The van der Waals surface area contributed by atoms with Crippen LogP contribution in [0.5, 0.6) is 0 Å². The van der Waals surface area contributed by atoms with Gasteiger partial charge in [-0.1, -0.05) is 0 Å². The molecule has 4 amide bonds. The van der Waals surface area contributed by atoms with Crippen LogP contribution in [0.1, 0.15) is 0 Å². The van der Waals surface area contributed by atoms with Gasteiger partial charge in [0, 0.05) is 14.1 Å². The highest BCUT2D eigenvalue weighted by Gasteiger charge is 2.23. The highest BCUT2D eigenvalue weighted by atomic mass is 16.5. The van der Waals surface area contributed by atoms with E-state index in [1.165, 1.54) is 7.05 Å². The van der Waals surface area contributed by atoms with Crippen molar-refractivity contribution < 1.29 is 24.4 Å². The fourth-order valence-electron chi connectivity index (χ4n) is 1.13. The first-order chi connectivity index (χ1) is 7.86. The molecule has 1 rings (SSSR count). The van der Waals surface area contributed by atoms with Crippen LogP contribution in [0.2, 0.25) is 0 Å². The molecule has 0 aromatic carbocycles. The first-order valence-corrected chi connectivity index (χ1v) is 4.41. The highest BCUT2D eigenvalue weighted by molar-refractivity contribution is 5.98. The summed E-state index contributed by atoms with van der Waals surface area (Å²) >= 11 is 0. The van der Waals surface area contributed by atoms with Crippen molar-refractivity contribution in [2.24, 2.45) is 5.73 Å². The Morgan fingerprint density at radius 3 is 2.24 bits per heavy atom. The van der Waals surface area contributed by atoms with Crippen molar-refractivity contribution in [3.05, 3.63) is 12.5 Å². The number of primary amides is 1. The Hall–Kier alpha value is -2.26. The van der Waals surface area contributed by atoms with Gasteiger partial charge in [0.05, 0.1) is 0 Å². The van der Waals surface area contributed by atoms with Crippen LogP contribution in [0.3, 0.4) is 0 Å². The number of amides is 4. The quantitative estimate of drug-likeness (QED) is 0.514. The Labute approximate surface area is 96.1 Å². The molecule has 17 heavy (non-hydrogen) atoms. The second-order valence-corrected chi connectivity index (χ2v) is 3.16. The molecule has 1 aromatic heterocycles. The zero-order chi connectivity index (χ0) is 13.2. The lowest BCUT2D eigenvalue weighted by atomic mass is 10.4. The molecule has 9 heteroatoms. The predicted molar refractivity (Wildman–Crippen MR) is 55.9 cm³/mol. The molecule has 1 heterocycles. The summed E-state index contributed by atoms with van der Waals surface area (Å²) in [7, 11) is 2.45. The lowest BCUT2D eigenvalue weighted by molar-refractivity contribution is -0.0145. The number of anilines is 2. The van der Waals surface area contributed by atoms with Crippen molar-refractivity contribution >= 4 is 23.4 Å². The summed E-state index contributed by atoms with van der Waals surface area (Å²) in [6.07, 6.45) is 2.14. The van der Waals surface area contributed by atoms with Crippen molar-refractivity contribution in [1.29, 1.82) is 0 Å². The second kappa shape index (κ2) is 4.72. The number of nitrogens with zero attached hydrogens (tertiary/aromatic N) is 3. The van der Waals surface area contributed by atoms with Gasteiger partial charge in [-0.3, -0.25) is 15.3 Å². The molecule has 1 aromatic rings. The van der Waals surface area contributed by atoms with Crippen LogP contribution in [0.25, 0.3) is 0 Å². The van der Waals surface area contributed by atoms with E-state index in [0.29, 0.717) is 5.06 Å². The zero-order valence-corrected chi connectivity index (χ0v) is 9.19. The van der Waals surface area contributed by atoms with E-state index in [1.54, 1.807) is 0 Å². The second-order valence-electron chi connectivity index (χ2n) is 3.16. The van der Waals surface area contributed by atoms with Gasteiger partial charge in [-0.25, -0.2) is 14.7 Å². The molecule has 94 valence electrons. The summed E-state index contributed by atoms with van der Waals surface area (Å²) in [5.41, 5.74) is 4.82. The number of hydrogen-bond donors (Lipinski definition) is 3. The fraction of sp³-hybridized carbons (Fsp3) is 0.250. The van der Waals surface area contributed by atoms with E-state index in [9.17, 15) is 14.8 Å². The maximum absolute atomic E-state index is 11.4. The Bertz CT molecular complexity index is 429. The average molecular weight is 244 g/mol. The van der Waals surface area contributed by atoms with Crippen LogP contribution in [0.15, 0.2) is 16.9 Å². The van der Waals surface area contributed by atoms with E-state index in [1.807, 2.05) is 0 Å². The molecule has 0 atom stereocenters. The number of furan rings is 1. The first-order valence-electron chi connectivity index (χ1n) is 4.41. The summed E-state index contributed by atoms with van der Waals surface area (Å²) in [6, 6.07) is -1.92. The van der Waals surface area contributed by atoms with E-state index < -0.39 is 12.1 Å². The standard InChI is InChI=1S/C8H12N4O5/c1-10(8(14)11(2)15)5-3-17-4-6(5)12(16)7(9)13/h3-4,15-16H,1-2H3,(H2,9,13). The van der Waals surface area contributed by atoms with E-state index in [0.717, 1.165) is 24.5 Å². The summed E-state index contributed by atoms with van der Waals surface area (Å²) < 4.78 is 4.76. The van der Waals surface area contributed by atoms with Gasteiger partial charge < -0.3 is 10.2 Å². The maximum Gasteiger partial charge on any atom is 0.347 e. The third-order valence-electron chi connectivity index (χ3n) is 1.98. The van der Waals surface area contributed by atoms with Crippen LogP contribution in [0, 0.1) is 0 Å². The lowest BCUT2D eigenvalue weighted by Crippen LogP contribution is -2.38. The number of carbonyl (C=O) groups excluding carboxylic acids is 2. The Kier molecular flexibility index (Phi) is 3.55. The number of nitrogens with two attached hydrogens (primary N) is 1. The zero-order valence-electron chi connectivity index (χ0n) is 9.19. The molecule has 0 aliphatic carbocycles. The van der Waals surface area contributed by atoms with Crippen molar-refractivity contribution in [1.82, 2.24) is 5.06 Å². The molecule has 9 nitrogen and oxygen atoms in total. The van der Waals surface area contributed by atoms with Crippen molar-refractivity contribution in [2.45, 2.75) is 0 Å². The van der Waals surface area contributed by atoms with Gasteiger partial charge in [-0.2, -0.15) is 5.06 Å². The van der Waals surface area contributed by atoms with Crippen molar-refractivity contribution in [2.75, 3.05) is 24.1 Å². The molecular weight excluding hydrogens is 232 g/mol. The van der Waals surface area contributed by atoms with Gasteiger partial charge >= 0.3 is 12.1 Å². The Morgan fingerprint density at radius 1 is 1.24 bits per heavy atom. The number of rotatable bonds is 2. The number of carbonyl (C=O) groups is 2. The average Bonchev–Trinajstić information content (AvgIpc) is 2.74. The molecule has 0 fully saturated rings. The predicted octanol–water partition coefficient (Wildman–Crippen LogP) is 0.431. The van der Waals surface area contributed by atoms with Crippen LogP contribution in [0.4, 0.5) is 21.0 Å². The Balaban J connectivity index is 3.04. The molecule has 0 bridgehead atoms. The van der Waals surface area contributed by atoms with E-state index >= 15 is 0 Å². The van der Waals surface area contributed by atoms with Crippen LogP contribution < -0.4 is 15.7 Å². The molecular formula is C8H12N4O5. The fourth-order valence-corrected chi connectivity index (χ4v) is 1.13. The van der Waals surface area contributed by atoms with Crippen LogP contribution >= 0.6 is 0 Å². The molecule has 0 saturated carbocycles. The van der Waals surface area contributed by atoms with E-state index in [-0.39, 0.29) is 16.4 Å². The summed E-state index contributed by atoms with van der Waals surface area (Å²) in [5.74, 6) is 0. The number of urea groups is 2. The third kappa shape index (κ3) is 2.46. The summed E-state index contributed by atoms with van der Waals surface area (Å²) in [5, 5.41) is 18.8. The molecule has 0 aliphatic rings. The van der Waals surface area contributed by atoms with E-state index in [2.05, 4.69) is 0 Å². The minimum absolute atomic E-state index is 0.0669. The van der Waals surface area contributed by atoms with Gasteiger partial charge in [0.2, 0.25) is 0 Å². The molecule has 0 spiro atoms. The first kappa shape index (κ1) is 12.8. The SMILES string of the molecule is CN(O)C(=O)N(C)c1cocc1N(O)C(N)=O. The van der Waals surface area contributed by atoms with Crippen LogP contribution in [-0.4, -0.2) is 41.6 Å². The smallest absolute Gasteiger partial charge is 0.347 e. The van der Waals surface area contributed by atoms with E-state index in [4.69, 9.17) is 15.4 Å². The van der Waals surface area contributed by atoms with Crippen molar-refractivity contribution in [3.63, 3.8) is 0 Å². The largest absolute Gasteiger partial charge is 0.468 e. The minimum atomic E-state index is -1.13. The van der Waals surface area contributed by atoms with Gasteiger partial charge in [0.1, 0.15) is 23.9 Å². The maximum atomic E-state index is 11.4. The molecule has 0 saturated heterocycles. The Morgan fingerprint density at radius 2 is 1.76 bits per heavy atom. The topological polar surface area (TPSA) is 123 Å². The van der Waals surface area contributed by atoms with Gasteiger partial charge in [0.25, 0.3) is 0 Å². The highest BCUT2D eigenvalue weighted by Crippen LogP contribution is 2.29. The number of hydrogen-bond acceptors (Lipinski definition) is 5. The van der Waals surface area contributed by atoms with Gasteiger partial charge in [-0.15, -0.1) is 0 Å². The summed E-state index contributed by atoms with van der Waals surface area (Å²) in [4.78, 5) is 23.2. The molecule has 0 unspecified atom stereocenters. The third-order valence-corrected chi connectivity index (χ3v) is 1.98. The molecule has 0 radical (unpaired) electrons. The summed E-state index contributed by atoms with van der Waals surface area (Å²) in [6.45, 7) is 0. The van der Waals surface area contributed by atoms with Crippen molar-refractivity contribution in [3.8, 4) is 0 Å². The lowest BCUT2D eigenvalue weighted by Gasteiger charge is -2.21. The number of hydroxylamine groups is 3. The molecule has 4 N–H and O–H groups in total. The normalized spacial score (nSPS) is 9.88. The van der Waals surface area contributed by atoms with Gasteiger partial charge in [-0.05, 0) is 0 Å². The minimum Gasteiger partial charge on any atom is -0.468 e. The van der Waals surface area contributed by atoms with Crippen LogP contribution in [-0.2, 0) is 0 Å². The van der Waals surface area contributed by atoms with Gasteiger partial charge in [0.15, 0.2) is 0 Å². The molecule has 0 aliphatic heterocycles.